The predicted molar refractivity (Wildman–Crippen MR) is 79.1 cm³/mol. The molecular weight excluding hydrogens is 315 g/mol. The van der Waals surface area contributed by atoms with Crippen molar-refractivity contribution in [3.63, 3.8) is 0 Å². The maximum atomic E-state index is 13.6. The summed E-state index contributed by atoms with van der Waals surface area (Å²) >= 11 is 5.79. The second-order valence-corrected chi connectivity index (χ2v) is 6.68. The van der Waals surface area contributed by atoms with Crippen LogP contribution in [0.3, 0.4) is 0 Å². The Morgan fingerprint density at radius 2 is 2.05 bits per heavy atom. The number of hydrogen-bond donors (Lipinski definition) is 1. The fraction of sp³-hybridized carbons (Fsp3) is 0.214. The molecule has 0 fully saturated rings. The van der Waals surface area contributed by atoms with Gasteiger partial charge >= 0.3 is 0 Å². The molecule has 0 bridgehead atoms. The van der Waals surface area contributed by atoms with Crippen molar-refractivity contribution in [2.75, 3.05) is 0 Å². The van der Waals surface area contributed by atoms with Gasteiger partial charge in [0.1, 0.15) is 15.9 Å². The molecule has 0 aliphatic heterocycles. The van der Waals surface area contributed by atoms with Gasteiger partial charge in [-0.1, -0.05) is 23.7 Å². The lowest BCUT2D eigenvalue weighted by Gasteiger charge is -2.15. The molecular formula is C14H14ClFN2O2S. The van der Waals surface area contributed by atoms with Crippen LogP contribution in [0.5, 0.6) is 0 Å². The molecule has 0 saturated heterocycles. The van der Waals surface area contributed by atoms with Gasteiger partial charge in [0, 0.05) is 12.2 Å². The fourth-order valence-electron chi connectivity index (χ4n) is 1.81. The first kappa shape index (κ1) is 15.9. The number of halogens is 2. The summed E-state index contributed by atoms with van der Waals surface area (Å²) in [7, 11) is -3.83. The van der Waals surface area contributed by atoms with E-state index in [0.29, 0.717) is 11.1 Å². The summed E-state index contributed by atoms with van der Waals surface area (Å²) < 4.78 is 40.5. The Bertz CT molecular complexity index is 765. The van der Waals surface area contributed by atoms with Crippen molar-refractivity contribution in [2.45, 2.75) is 24.8 Å². The number of aromatic nitrogens is 1. The third-order valence-corrected chi connectivity index (χ3v) is 5.03. The number of sulfonamides is 1. The van der Waals surface area contributed by atoms with Crippen molar-refractivity contribution >= 4 is 21.6 Å². The third kappa shape index (κ3) is 3.58. The number of hydrogen-bond acceptors (Lipinski definition) is 3. The summed E-state index contributed by atoms with van der Waals surface area (Å²) in [4.78, 5) is 3.63. The molecule has 0 aliphatic rings. The highest BCUT2D eigenvalue weighted by atomic mass is 35.5. The van der Waals surface area contributed by atoms with Gasteiger partial charge in [-0.05, 0) is 43.2 Å². The molecule has 0 radical (unpaired) electrons. The molecule has 1 atom stereocenters. The first-order valence-corrected chi connectivity index (χ1v) is 8.06. The van der Waals surface area contributed by atoms with Gasteiger partial charge in [-0.25, -0.2) is 22.5 Å². The van der Waals surface area contributed by atoms with E-state index in [2.05, 4.69) is 9.71 Å². The van der Waals surface area contributed by atoms with Gasteiger partial charge in [0.2, 0.25) is 10.0 Å². The summed E-state index contributed by atoms with van der Waals surface area (Å²) in [6, 6.07) is 6.84. The van der Waals surface area contributed by atoms with Crippen LogP contribution in [-0.2, 0) is 10.0 Å². The monoisotopic (exact) mass is 328 g/mol. The Kier molecular flexibility index (Phi) is 4.61. The first-order chi connectivity index (χ1) is 9.81. The van der Waals surface area contributed by atoms with Crippen molar-refractivity contribution in [3.8, 4) is 0 Å². The van der Waals surface area contributed by atoms with E-state index in [-0.39, 0.29) is 15.9 Å². The first-order valence-electron chi connectivity index (χ1n) is 6.20. The van der Waals surface area contributed by atoms with Crippen molar-refractivity contribution in [1.82, 2.24) is 9.71 Å². The van der Waals surface area contributed by atoms with E-state index in [1.54, 1.807) is 26.0 Å². The molecule has 1 aromatic heterocycles. The fourth-order valence-corrected chi connectivity index (χ4v) is 3.50. The van der Waals surface area contributed by atoms with Crippen LogP contribution >= 0.6 is 11.6 Å². The minimum absolute atomic E-state index is 0.104. The van der Waals surface area contributed by atoms with Crippen LogP contribution in [0.15, 0.2) is 41.4 Å². The number of nitrogens with one attached hydrogen (secondary N) is 1. The van der Waals surface area contributed by atoms with Crippen LogP contribution in [0, 0.1) is 12.7 Å². The van der Waals surface area contributed by atoms with Crippen LogP contribution in [-0.4, -0.2) is 13.4 Å². The van der Waals surface area contributed by atoms with Crippen LogP contribution in [0.1, 0.15) is 24.1 Å². The van der Waals surface area contributed by atoms with Crippen LogP contribution < -0.4 is 4.72 Å². The zero-order valence-electron chi connectivity index (χ0n) is 11.5. The van der Waals surface area contributed by atoms with E-state index in [4.69, 9.17) is 11.6 Å². The van der Waals surface area contributed by atoms with Gasteiger partial charge in [0.25, 0.3) is 0 Å². The Balaban J connectivity index is 2.28. The minimum atomic E-state index is -3.83. The smallest absolute Gasteiger partial charge is 0.243 e. The number of rotatable bonds is 4. The maximum Gasteiger partial charge on any atom is 0.244 e. The Hall–Kier alpha value is -1.50. The molecule has 1 N–H and O–H groups in total. The number of nitrogens with zero attached hydrogens (tertiary/aromatic N) is 1. The van der Waals surface area contributed by atoms with Crippen molar-refractivity contribution in [3.05, 3.63) is 58.6 Å². The van der Waals surface area contributed by atoms with E-state index < -0.39 is 16.1 Å². The molecule has 1 aromatic carbocycles. The number of aryl methyl sites for hydroxylation is 1. The quantitative estimate of drug-likeness (QED) is 0.877. The van der Waals surface area contributed by atoms with E-state index in [9.17, 15) is 12.8 Å². The Morgan fingerprint density at radius 1 is 1.33 bits per heavy atom. The molecule has 2 rings (SSSR count). The van der Waals surface area contributed by atoms with Crippen molar-refractivity contribution in [1.29, 1.82) is 0 Å². The van der Waals surface area contributed by atoms with Gasteiger partial charge in [0.15, 0.2) is 0 Å². The minimum Gasteiger partial charge on any atom is -0.243 e. The molecule has 2 aromatic rings. The Labute approximate surface area is 128 Å². The third-order valence-electron chi connectivity index (χ3n) is 3.04. The Morgan fingerprint density at radius 3 is 2.67 bits per heavy atom. The van der Waals surface area contributed by atoms with E-state index in [1.165, 1.54) is 24.4 Å². The van der Waals surface area contributed by atoms with Gasteiger partial charge < -0.3 is 0 Å². The molecule has 112 valence electrons. The molecule has 0 saturated carbocycles. The molecule has 0 amide bonds. The van der Waals surface area contributed by atoms with E-state index >= 15 is 0 Å². The van der Waals surface area contributed by atoms with Crippen LogP contribution in [0.2, 0.25) is 5.15 Å². The zero-order valence-corrected chi connectivity index (χ0v) is 13.0. The predicted octanol–water partition coefficient (Wildman–Crippen LogP) is 3.22. The molecule has 21 heavy (non-hydrogen) atoms. The van der Waals surface area contributed by atoms with Crippen molar-refractivity contribution < 1.29 is 12.8 Å². The average Bonchev–Trinajstić information content (AvgIpc) is 2.41. The second kappa shape index (κ2) is 6.09. The average molecular weight is 329 g/mol. The summed E-state index contributed by atoms with van der Waals surface area (Å²) in [5.74, 6) is -0.377. The summed E-state index contributed by atoms with van der Waals surface area (Å²) in [6.07, 6.45) is 1.40. The topological polar surface area (TPSA) is 59.1 Å². The molecule has 1 heterocycles. The van der Waals surface area contributed by atoms with Gasteiger partial charge in [0.05, 0.1) is 0 Å². The highest BCUT2D eigenvalue weighted by Crippen LogP contribution is 2.22. The van der Waals surface area contributed by atoms with Crippen LogP contribution in [0.4, 0.5) is 4.39 Å². The number of pyridine rings is 1. The molecule has 0 spiro atoms. The van der Waals surface area contributed by atoms with E-state index in [0.717, 1.165) is 0 Å². The maximum absolute atomic E-state index is 13.6. The normalized spacial score (nSPS) is 13.1. The zero-order chi connectivity index (χ0) is 15.6. The van der Waals surface area contributed by atoms with Crippen molar-refractivity contribution in [2.24, 2.45) is 0 Å². The SMILES string of the molecule is Cc1ccc(C(C)NS(=O)(=O)c2cccnc2Cl)cc1F. The summed E-state index contributed by atoms with van der Waals surface area (Å²) in [5.41, 5.74) is 1.03. The highest BCUT2D eigenvalue weighted by Gasteiger charge is 2.21. The largest absolute Gasteiger partial charge is 0.244 e. The second-order valence-electron chi connectivity index (χ2n) is 4.64. The van der Waals surface area contributed by atoms with Gasteiger partial charge in [-0.2, -0.15) is 0 Å². The summed E-state index contributed by atoms with van der Waals surface area (Å²) in [5, 5.41) is -0.104. The molecule has 4 nitrogen and oxygen atoms in total. The highest BCUT2D eigenvalue weighted by molar-refractivity contribution is 7.89. The molecule has 1 unspecified atom stereocenters. The van der Waals surface area contributed by atoms with Crippen LogP contribution in [0.25, 0.3) is 0 Å². The summed E-state index contributed by atoms with van der Waals surface area (Å²) in [6.45, 7) is 3.27. The molecule has 0 aliphatic carbocycles. The van der Waals surface area contributed by atoms with Gasteiger partial charge in [-0.15, -0.1) is 0 Å². The lowest BCUT2D eigenvalue weighted by atomic mass is 10.1. The lowest BCUT2D eigenvalue weighted by molar-refractivity contribution is 0.563. The lowest BCUT2D eigenvalue weighted by Crippen LogP contribution is -2.27. The molecule has 7 heteroatoms. The number of benzene rings is 1. The standard InChI is InChI=1S/C14H14ClFN2O2S/c1-9-5-6-11(8-12(9)16)10(2)18-21(19,20)13-4-3-7-17-14(13)15/h3-8,10,18H,1-2H3. The van der Waals surface area contributed by atoms with E-state index in [1.807, 2.05) is 0 Å². The van der Waals surface area contributed by atoms with Gasteiger partial charge in [-0.3, -0.25) is 0 Å².